The minimum atomic E-state index is 0.0474. The van der Waals surface area contributed by atoms with Gasteiger partial charge in [-0.15, -0.1) is 0 Å². The highest BCUT2D eigenvalue weighted by molar-refractivity contribution is 5.89. The van der Waals surface area contributed by atoms with Crippen LogP contribution in [0.1, 0.15) is 12.8 Å². The lowest BCUT2D eigenvalue weighted by Gasteiger charge is -2.15. The largest absolute Gasteiger partial charge is 0.329 e. The molecule has 0 spiro atoms. The third-order valence-electron chi connectivity index (χ3n) is 3.04. The number of amides is 1. The molecule has 0 atom stereocenters. The third-order valence-corrected chi connectivity index (χ3v) is 3.04. The highest BCUT2D eigenvalue weighted by Gasteiger charge is 2.20. The Balaban J connectivity index is 2.02. The second-order valence-electron chi connectivity index (χ2n) is 4.08. The Labute approximate surface area is 93.5 Å². The number of imidazole rings is 1. The summed E-state index contributed by atoms with van der Waals surface area (Å²) in [5.74, 6) is 0. The first-order valence-electron chi connectivity index (χ1n) is 5.57. The Kier molecular flexibility index (Phi) is 2.13. The van der Waals surface area contributed by atoms with Crippen molar-refractivity contribution in [1.82, 2.24) is 14.5 Å². The van der Waals surface area contributed by atoms with Crippen molar-refractivity contribution in [3.63, 3.8) is 0 Å². The number of carbonyl (C=O) groups is 1. The summed E-state index contributed by atoms with van der Waals surface area (Å²) < 4.78 is 1.64. The average molecular weight is 215 g/mol. The van der Waals surface area contributed by atoms with Gasteiger partial charge in [0.25, 0.3) is 0 Å². The number of likely N-dealkylation sites (tertiary alicyclic amines) is 1. The second kappa shape index (κ2) is 3.63. The van der Waals surface area contributed by atoms with Crippen LogP contribution in [-0.2, 0) is 0 Å². The molecule has 1 aromatic heterocycles. The lowest BCUT2D eigenvalue weighted by molar-refractivity contribution is 0.211. The summed E-state index contributed by atoms with van der Waals surface area (Å²) in [6, 6.07) is 7.75. The van der Waals surface area contributed by atoms with E-state index >= 15 is 0 Å². The topological polar surface area (TPSA) is 38.1 Å². The number of carbonyl (C=O) groups excluding carboxylic acids is 1. The maximum Gasteiger partial charge on any atom is 0.329 e. The molecule has 4 heteroatoms. The van der Waals surface area contributed by atoms with Crippen LogP contribution in [0.2, 0.25) is 0 Å². The fourth-order valence-corrected chi connectivity index (χ4v) is 2.17. The third kappa shape index (κ3) is 1.38. The lowest BCUT2D eigenvalue weighted by Crippen LogP contribution is -2.31. The Morgan fingerprint density at radius 1 is 1.19 bits per heavy atom. The quantitative estimate of drug-likeness (QED) is 0.675. The number of hydrogen-bond donors (Lipinski definition) is 0. The molecule has 0 radical (unpaired) electrons. The van der Waals surface area contributed by atoms with Gasteiger partial charge in [0.15, 0.2) is 0 Å². The van der Waals surface area contributed by atoms with Gasteiger partial charge in [0.2, 0.25) is 0 Å². The van der Waals surface area contributed by atoms with E-state index in [9.17, 15) is 4.79 Å². The first-order chi connectivity index (χ1) is 7.86. The Bertz CT molecular complexity index is 526. The number of rotatable bonds is 0. The molecule has 4 nitrogen and oxygen atoms in total. The van der Waals surface area contributed by atoms with Crippen LogP contribution >= 0.6 is 0 Å². The minimum Gasteiger partial charge on any atom is -0.324 e. The van der Waals surface area contributed by atoms with Crippen molar-refractivity contribution in [3.8, 4) is 0 Å². The minimum absolute atomic E-state index is 0.0474. The van der Waals surface area contributed by atoms with Gasteiger partial charge in [0, 0.05) is 13.1 Å². The van der Waals surface area contributed by atoms with Gasteiger partial charge in [-0.3, -0.25) is 4.57 Å². The van der Waals surface area contributed by atoms with E-state index in [-0.39, 0.29) is 6.03 Å². The van der Waals surface area contributed by atoms with E-state index in [1.807, 2.05) is 29.2 Å². The highest BCUT2D eigenvalue weighted by Crippen LogP contribution is 2.15. The molecule has 1 aromatic carbocycles. The summed E-state index contributed by atoms with van der Waals surface area (Å²) in [5, 5.41) is 0. The predicted octanol–water partition coefficient (Wildman–Crippen LogP) is 2.10. The smallest absolute Gasteiger partial charge is 0.324 e. The number of para-hydroxylation sites is 2. The Morgan fingerprint density at radius 2 is 1.94 bits per heavy atom. The molecule has 0 saturated carbocycles. The van der Waals surface area contributed by atoms with Gasteiger partial charge in [-0.25, -0.2) is 9.78 Å². The maximum atomic E-state index is 12.2. The SMILES string of the molecule is O=C(N1CCCC1)n1cnc2ccccc21. The van der Waals surface area contributed by atoms with Crippen LogP contribution in [0, 0.1) is 0 Å². The van der Waals surface area contributed by atoms with Crippen molar-refractivity contribution in [2.24, 2.45) is 0 Å². The zero-order valence-corrected chi connectivity index (χ0v) is 8.97. The Morgan fingerprint density at radius 3 is 2.75 bits per heavy atom. The summed E-state index contributed by atoms with van der Waals surface area (Å²) in [7, 11) is 0. The normalized spacial score (nSPS) is 15.9. The van der Waals surface area contributed by atoms with Crippen LogP contribution in [0.25, 0.3) is 11.0 Å². The van der Waals surface area contributed by atoms with Crippen LogP contribution in [0.15, 0.2) is 30.6 Å². The van der Waals surface area contributed by atoms with E-state index in [1.165, 1.54) is 0 Å². The van der Waals surface area contributed by atoms with Crippen molar-refractivity contribution < 1.29 is 4.79 Å². The van der Waals surface area contributed by atoms with Crippen molar-refractivity contribution in [3.05, 3.63) is 30.6 Å². The van der Waals surface area contributed by atoms with E-state index in [0.29, 0.717) is 0 Å². The van der Waals surface area contributed by atoms with Gasteiger partial charge in [0.05, 0.1) is 11.0 Å². The molecule has 0 aliphatic carbocycles. The molecular formula is C12H13N3O. The van der Waals surface area contributed by atoms with Gasteiger partial charge >= 0.3 is 6.03 Å². The molecule has 1 amide bonds. The monoisotopic (exact) mass is 215 g/mol. The van der Waals surface area contributed by atoms with Crippen molar-refractivity contribution in [2.45, 2.75) is 12.8 Å². The first kappa shape index (κ1) is 9.39. The molecule has 82 valence electrons. The summed E-state index contributed by atoms with van der Waals surface area (Å²) in [6.45, 7) is 1.73. The van der Waals surface area contributed by atoms with Crippen LogP contribution < -0.4 is 0 Å². The van der Waals surface area contributed by atoms with Gasteiger partial charge in [0.1, 0.15) is 6.33 Å². The van der Waals surface area contributed by atoms with Crippen LogP contribution in [0.3, 0.4) is 0 Å². The lowest BCUT2D eigenvalue weighted by atomic mass is 10.3. The van der Waals surface area contributed by atoms with E-state index in [4.69, 9.17) is 0 Å². The number of hydrogen-bond acceptors (Lipinski definition) is 2. The molecule has 1 saturated heterocycles. The molecular weight excluding hydrogens is 202 g/mol. The number of benzene rings is 1. The van der Waals surface area contributed by atoms with Crippen molar-refractivity contribution in [1.29, 1.82) is 0 Å². The van der Waals surface area contributed by atoms with Gasteiger partial charge < -0.3 is 4.90 Å². The molecule has 1 fully saturated rings. The summed E-state index contributed by atoms with van der Waals surface area (Å²) in [5.41, 5.74) is 1.76. The van der Waals surface area contributed by atoms with Crippen LogP contribution in [-0.4, -0.2) is 33.6 Å². The maximum absolute atomic E-state index is 12.2. The van der Waals surface area contributed by atoms with Gasteiger partial charge in [-0.2, -0.15) is 0 Å². The van der Waals surface area contributed by atoms with Crippen LogP contribution in [0.4, 0.5) is 4.79 Å². The van der Waals surface area contributed by atoms with Crippen molar-refractivity contribution in [2.75, 3.05) is 13.1 Å². The average Bonchev–Trinajstić information content (AvgIpc) is 2.98. The van der Waals surface area contributed by atoms with Crippen LogP contribution in [0.5, 0.6) is 0 Å². The Hall–Kier alpha value is -1.84. The fourth-order valence-electron chi connectivity index (χ4n) is 2.17. The fraction of sp³-hybridized carbons (Fsp3) is 0.333. The molecule has 3 rings (SSSR count). The molecule has 0 bridgehead atoms. The summed E-state index contributed by atoms with van der Waals surface area (Å²) >= 11 is 0. The second-order valence-corrected chi connectivity index (χ2v) is 4.08. The zero-order valence-electron chi connectivity index (χ0n) is 8.97. The molecule has 1 aliphatic heterocycles. The summed E-state index contributed by atoms with van der Waals surface area (Å²) in [4.78, 5) is 18.3. The standard InChI is InChI=1S/C12H13N3O/c16-12(14-7-3-4-8-14)15-9-13-10-5-1-2-6-11(10)15/h1-2,5-6,9H,3-4,7-8H2. The molecule has 0 unspecified atom stereocenters. The molecule has 2 heterocycles. The molecule has 16 heavy (non-hydrogen) atoms. The molecule has 2 aromatic rings. The first-order valence-corrected chi connectivity index (χ1v) is 5.57. The van der Waals surface area contributed by atoms with E-state index < -0.39 is 0 Å². The number of nitrogens with zero attached hydrogens (tertiary/aromatic N) is 3. The zero-order chi connectivity index (χ0) is 11.0. The van der Waals surface area contributed by atoms with Crippen molar-refractivity contribution >= 4 is 17.1 Å². The summed E-state index contributed by atoms with van der Waals surface area (Å²) in [6.07, 6.45) is 3.84. The highest BCUT2D eigenvalue weighted by atomic mass is 16.2. The molecule has 1 aliphatic rings. The van der Waals surface area contributed by atoms with E-state index in [2.05, 4.69) is 4.98 Å². The number of fused-ring (bicyclic) bond motifs is 1. The van der Waals surface area contributed by atoms with Gasteiger partial charge in [-0.1, -0.05) is 12.1 Å². The number of aromatic nitrogens is 2. The predicted molar refractivity (Wildman–Crippen MR) is 61.3 cm³/mol. The van der Waals surface area contributed by atoms with E-state index in [1.54, 1.807) is 10.9 Å². The van der Waals surface area contributed by atoms with E-state index in [0.717, 1.165) is 37.0 Å². The van der Waals surface area contributed by atoms with Gasteiger partial charge in [-0.05, 0) is 25.0 Å². The molecule has 0 N–H and O–H groups in total.